The van der Waals surface area contributed by atoms with Crippen LogP contribution in [0.2, 0.25) is 0 Å². The van der Waals surface area contributed by atoms with Crippen molar-refractivity contribution in [3.63, 3.8) is 0 Å². The van der Waals surface area contributed by atoms with E-state index < -0.39 is 5.60 Å². The molecule has 5 nitrogen and oxygen atoms in total. The summed E-state index contributed by atoms with van der Waals surface area (Å²) >= 11 is 0. The van der Waals surface area contributed by atoms with Crippen molar-refractivity contribution in [1.82, 2.24) is 4.90 Å². The molecule has 118 valence electrons. The van der Waals surface area contributed by atoms with Crippen molar-refractivity contribution in [2.24, 2.45) is 17.8 Å². The summed E-state index contributed by atoms with van der Waals surface area (Å²) in [6, 6.07) is 0. The Hall–Kier alpha value is -1.36. The minimum atomic E-state index is -0.502. The summed E-state index contributed by atoms with van der Waals surface area (Å²) in [5.74, 6) is 0.372. The van der Waals surface area contributed by atoms with Gasteiger partial charge in [0.25, 0.3) is 0 Å². The summed E-state index contributed by atoms with van der Waals surface area (Å²) in [7, 11) is 0. The Morgan fingerprint density at radius 1 is 1.52 bits per heavy atom. The lowest BCUT2D eigenvalue weighted by molar-refractivity contribution is -0.114. The molecule has 0 aromatic heterocycles. The predicted molar refractivity (Wildman–Crippen MR) is 78.7 cm³/mol. The summed E-state index contributed by atoms with van der Waals surface area (Å²) in [5.41, 5.74) is 0.400. The van der Waals surface area contributed by atoms with Gasteiger partial charge < -0.3 is 19.5 Å². The minimum Gasteiger partial charge on any atom is -0.444 e. The van der Waals surface area contributed by atoms with Gasteiger partial charge in [0.2, 0.25) is 0 Å². The summed E-state index contributed by atoms with van der Waals surface area (Å²) in [5, 5.41) is 9.33. The van der Waals surface area contributed by atoms with Crippen molar-refractivity contribution in [2.75, 3.05) is 19.7 Å². The second-order valence-electron chi connectivity index (χ2n) is 7.03. The molecule has 0 aromatic rings. The van der Waals surface area contributed by atoms with E-state index in [-0.39, 0.29) is 30.5 Å². The third-order valence-electron chi connectivity index (χ3n) is 4.24. The summed E-state index contributed by atoms with van der Waals surface area (Å²) in [6.45, 7) is 6.73. The van der Waals surface area contributed by atoms with E-state index in [2.05, 4.69) is 0 Å². The standard InChI is InChI=1S/C16H25NO4/c1-16(2,3)21-15(20)17-5-4-14-12(8-17)6-11(9-18)7-13(14)10-19/h6,10,12-14,18H,4-5,7-9H2,1-3H3/t12-,13+,14-/m1/s1. The fourth-order valence-corrected chi connectivity index (χ4v) is 3.29. The van der Waals surface area contributed by atoms with Crippen molar-refractivity contribution >= 4 is 12.4 Å². The molecule has 1 aliphatic carbocycles. The summed E-state index contributed by atoms with van der Waals surface area (Å²) < 4.78 is 5.41. The Morgan fingerprint density at radius 3 is 2.81 bits per heavy atom. The van der Waals surface area contributed by atoms with Crippen LogP contribution in [0.1, 0.15) is 33.6 Å². The third kappa shape index (κ3) is 3.84. The molecule has 1 N–H and O–H groups in total. The van der Waals surface area contributed by atoms with E-state index in [4.69, 9.17) is 4.74 Å². The number of rotatable bonds is 2. The highest BCUT2D eigenvalue weighted by molar-refractivity contribution is 5.68. The number of hydrogen-bond donors (Lipinski definition) is 1. The highest BCUT2D eigenvalue weighted by atomic mass is 16.6. The van der Waals surface area contributed by atoms with Crippen molar-refractivity contribution < 1.29 is 19.4 Å². The van der Waals surface area contributed by atoms with Crippen molar-refractivity contribution in [3.05, 3.63) is 11.6 Å². The van der Waals surface area contributed by atoms with Gasteiger partial charge in [-0.1, -0.05) is 6.08 Å². The lowest BCUT2D eigenvalue weighted by atomic mass is 9.70. The number of amides is 1. The fraction of sp³-hybridized carbons (Fsp3) is 0.750. The number of carbonyl (C=O) groups is 2. The van der Waals surface area contributed by atoms with Crippen LogP contribution in [-0.4, -0.2) is 47.7 Å². The first-order valence-corrected chi connectivity index (χ1v) is 7.57. The van der Waals surface area contributed by atoms with Gasteiger partial charge in [-0.25, -0.2) is 4.79 Å². The van der Waals surface area contributed by atoms with Gasteiger partial charge >= 0.3 is 6.09 Å². The number of aldehydes is 1. The molecule has 21 heavy (non-hydrogen) atoms. The lowest BCUT2D eigenvalue weighted by Crippen LogP contribution is -2.48. The topological polar surface area (TPSA) is 66.8 Å². The largest absolute Gasteiger partial charge is 0.444 e. The zero-order valence-corrected chi connectivity index (χ0v) is 13.0. The van der Waals surface area contributed by atoms with Crippen LogP contribution in [0.5, 0.6) is 0 Å². The van der Waals surface area contributed by atoms with Gasteiger partial charge in [-0.15, -0.1) is 0 Å². The van der Waals surface area contributed by atoms with E-state index in [1.165, 1.54) is 0 Å². The van der Waals surface area contributed by atoms with E-state index in [9.17, 15) is 14.7 Å². The Labute approximate surface area is 126 Å². The van der Waals surface area contributed by atoms with Gasteiger partial charge in [0, 0.05) is 19.0 Å². The maximum atomic E-state index is 12.2. The van der Waals surface area contributed by atoms with E-state index in [0.717, 1.165) is 18.3 Å². The average Bonchev–Trinajstić information content (AvgIpc) is 2.43. The van der Waals surface area contributed by atoms with Crippen LogP contribution in [0.25, 0.3) is 0 Å². The number of fused-ring (bicyclic) bond motifs is 1. The monoisotopic (exact) mass is 295 g/mol. The first-order valence-electron chi connectivity index (χ1n) is 7.57. The fourth-order valence-electron chi connectivity index (χ4n) is 3.29. The smallest absolute Gasteiger partial charge is 0.410 e. The summed E-state index contributed by atoms with van der Waals surface area (Å²) in [4.78, 5) is 25.1. The zero-order valence-electron chi connectivity index (χ0n) is 13.0. The minimum absolute atomic E-state index is 0.0139. The Morgan fingerprint density at radius 2 is 2.24 bits per heavy atom. The number of piperidine rings is 1. The Balaban J connectivity index is 2.07. The molecule has 0 bridgehead atoms. The normalized spacial score (nSPS) is 29.4. The molecule has 1 fully saturated rings. The molecule has 1 amide bonds. The molecular formula is C16H25NO4. The van der Waals surface area contributed by atoms with Crippen LogP contribution in [0.15, 0.2) is 11.6 Å². The van der Waals surface area contributed by atoms with Crippen molar-refractivity contribution in [2.45, 2.75) is 39.2 Å². The predicted octanol–water partition coefficient (Wildman–Crippen LogP) is 2.00. The third-order valence-corrected chi connectivity index (χ3v) is 4.24. The number of nitrogens with zero attached hydrogens (tertiary/aromatic N) is 1. The van der Waals surface area contributed by atoms with Crippen LogP contribution in [0.3, 0.4) is 0 Å². The highest BCUT2D eigenvalue weighted by Crippen LogP contribution is 2.38. The van der Waals surface area contributed by atoms with Gasteiger partial charge in [-0.05, 0) is 51.0 Å². The quantitative estimate of drug-likeness (QED) is 0.625. The Kier molecular flexibility index (Phi) is 4.71. The average molecular weight is 295 g/mol. The molecule has 0 spiro atoms. The van der Waals surface area contributed by atoms with Crippen LogP contribution in [0.4, 0.5) is 4.79 Å². The second kappa shape index (κ2) is 6.18. The molecule has 1 saturated heterocycles. The zero-order chi connectivity index (χ0) is 15.6. The van der Waals surface area contributed by atoms with E-state index >= 15 is 0 Å². The molecule has 0 saturated carbocycles. The maximum Gasteiger partial charge on any atom is 0.410 e. The lowest BCUT2D eigenvalue weighted by Gasteiger charge is -2.42. The molecule has 0 unspecified atom stereocenters. The molecule has 1 aliphatic heterocycles. The SMILES string of the molecule is CC(C)(C)OC(=O)N1CC[C@H]2[C@H](C=O)CC(CO)=C[C@@H]2C1. The molecule has 2 rings (SSSR count). The van der Waals surface area contributed by atoms with Crippen LogP contribution >= 0.6 is 0 Å². The van der Waals surface area contributed by atoms with E-state index in [1.807, 2.05) is 26.8 Å². The molecule has 0 aromatic carbocycles. The first kappa shape index (κ1) is 16.0. The van der Waals surface area contributed by atoms with Crippen LogP contribution in [-0.2, 0) is 9.53 Å². The number of likely N-dealkylation sites (tertiary alicyclic amines) is 1. The molecule has 0 radical (unpaired) electrons. The van der Waals surface area contributed by atoms with Gasteiger partial charge in [-0.3, -0.25) is 0 Å². The van der Waals surface area contributed by atoms with Gasteiger partial charge in [0.15, 0.2) is 0 Å². The van der Waals surface area contributed by atoms with Crippen molar-refractivity contribution in [1.29, 1.82) is 0 Å². The Bertz CT molecular complexity index is 438. The maximum absolute atomic E-state index is 12.2. The van der Waals surface area contributed by atoms with Crippen molar-refractivity contribution in [3.8, 4) is 0 Å². The van der Waals surface area contributed by atoms with Crippen LogP contribution < -0.4 is 0 Å². The number of aliphatic hydroxyl groups excluding tert-OH is 1. The number of carbonyl (C=O) groups excluding carboxylic acids is 2. The van der Waals surface area contributed by atoms with Gasteiger partial charge in [0.1, 0.15) is 11.9 Å². The number of aliphatic hydroxyl groups is 1. The molecule has 1 heterocycles. The van der Waals surface area contributed by atoms with E-state index in [1.54, 1.807) is 4.90 Å². The molecule has 3 atom stereocenters. The second-order valence-corrected chi connectivity index (χ2v) is 7.03. The van der Waals surface area contributed by atoms with Crippen LogP contribution in [0, 0.1) is 17.8 Å². The van der Waals surface area contributed by atoms with Gasteiger partial charge in [0.05, 0.1) is 6.61 Å². The first-order chi connectivity index (χ1) is 9.84. The van der Waals surface area contributed by atoms with E-state index in [0.29, 0.717) is 19.5 Å². The molecular weight excluding hydrogens is 270 g/mol. The highest BCUT2D eigenvalue weighted by Gasteiger charge is 2.39. The number of ether oxygens (including phenoxy) is 1. The molecule has 2 aliphatic rings. The number of hydrogen-bond acceptors (Lipinski definition) is 4. The summed E-state index contributed by atoms with van der Waals surface area (Å²) in [6.07, 6.45) is 4.20. The van der Waals surface area contributed by atoms with Gasteiger partial charge in [-0.2, -0.15) is 0 Å². The molecule has 5 heteroatoms.